The monoisotopic (exact) mass is 345 g/mol. The number of aromatic nitrogens is 3. The average molecular weight is 346 g/mol. The zero-order chi connectivity index (χ0) is 13.8. The van der Waals surface area contributed by atoms with Crippen LogP contribution in [0.4, 0.5) is 0 Å². The van der Waals surface area contributed by atoms with Crippen molar-refractivity contribution in [3.05, 3.63) is 71.1 Å². The topological polar surface area (TPSA) is 30.7 Å². The first-order valence-electron chi connectivity index (χ1n) is 6.15. The minimum atomic E-state index is 0.746. The van der Waals surface area contributed by atoms with Crippen LogP contribution in [0.3, 0.4) is 0 Å². The number of halogens is 1. The van der Waals surface area contributed by atoms with Gasteiger partial charge in [-0.3, -0.25) is 4.68 Å². The van der Waals surface area contributed by atoms with Gasteiger partial charge in [-0.1, -0.05) is 30.0 Å². The van der Waals surface area contributed by atoms with E-state index >= 15 is 0 Å². The van der Waals surface area contributed by atoms with Gasteiger partial charge >= 0.3 is 0 Å². The van der Waals surface area contributed by atoms with E-state index in [0.717, 1.165) is 16.0 Å². The lowest BCUT2D eigenvalue weighted by Gasteiger charge is -2.05. The molecule has 0 aliphatic heterocycles. The molecule has 0 bridgehead atoms. The molecular weight excluding hydrogens is 334 g/mol. The van der Waals surface area contributed by atoms with E-state index < -0.39 is 0 Å². The molecule has 0 fully saturated rings. The van der Waals surface area contributed by atoms with E-state index in [0.29, 0.717) is 0 Å². The smallest absolute Gasteiger partial charge is 0.101 e. The summed E-state index contributed by atoms with van der Waals surface area (Å²) < 4.78 is 2.89. The van der Waals surface area contributed by atoms with Gasteiger partial charge in [0.05, 0.1) is 17.2 Å². The number of pyridine rings is 1. The molecule has 0 spiro atoms. The molecule has 5 heteroatoms. The van der Waals surface area contributed by atoms with Gasteiger partial charge in [-0.2, -0.15) is 5.10 Å². The molecule has 0 N–H and O–H groups in total. The van der Waals surface area contributed by atoms with Gasteiger partial charge in [0, 0.05) is 17.3 Å². The van der Waals surface area contributed by atoms with Crippen molar-refractivity contribution < 1.29 is 0 Å². The van der Waals surface area contributed by atoms with Crippen molar-refractivity contribution in [1.29, 1.82) is 0 Å². The molecule has 0 saturated heterocycles. The summed E-state index contributed by atoms with van der Waals surface area (Å²) in [6.45, 7) is 0.746. The first kappa shape index (κ1) is 13.4. The Balaban J connectivity index is 1.76. The van der Waals surface area contributed by atoms with Crippen LogP contribution in [0.2, 0.25) is 0 Å². The van der Waals surface area contributed by atoms with E-state index in [4.69, 9.17) is 0 Å². The molecular formula is C15H12BrN3S. The van der Waals surface area contributed by atoms with Crippen LogP contribution in [-0.2, 0) is 6.54 Å². The molecule has 20 heavy (non-hydrogen) atoms. The molecule has 3 aromatic rings. The number of hydrogen-bond acceptors (Lipinski definition) is 3. The van der Waals surface area contributed by atoms with Crippen molar-refractivity contribution in [2.75, 3.05) is 0 Å². The van der Waals surface area contributed by atoms with Gasteiger partial charge in [-0.25, -0.2) is 4.98 Å². The lowest BCUT2D eigenvalue weighted by molar-refractivity contribution is 0.684. The third-order valence-electron chi connectivity index (χ3n) is 2.71. The molecule has 0 unspecified atom stereocenters. The minimum Gasteiger partial charge on any atom is -0.267 e. The summed E-state index contributed by atoms with van der Waals surface area (Å²) in [4.78, 5) is 5.60. The third-order valence-corrected chi connectivity index (χ3v) is 4.06. The van der Waals surface area contributed by atoms with E-state index in [9.17, 15) is 0 Å². The van der Waals surface area contributed by atoms with Gasteiger partial charge in [0.15, 0.2) is 0 Å². The predicted octanol–water partition coefficient (Wildman–Crippen LogP) is 4.24. The summed E-state index contributed by atoms with van der Waals surface area (Å²) in [5.41, 5.74) is 1.19. The maximum Gasteiger partial charge on any atom is 0.101 e. The van der Waals surface area contributed by atoms with Crippen LogP contribution in [0, 0.1) is 0 Å². The molecule has 2 aromatic heterocycles. The average Bonchev–Trinajstić information content (AvgIpc) is 2.86. The first-order valence-corrected chi connectivity index (χ1v) is 7.76. The van der Waals surface area contributed by atoms with Crippen LogP contribution in [0.15, 0.2) is 75.4 Å². The van der Waals surface area contributed by atoms with E-state index in [1.165, 1.54) is 10.5 Å². The second-order valence-electron chi connectivity index (χ2n) is 4.27. The Bertz CT molecular complexity index is 697. The van der Waals surface area contributed by atoms with Crippen LogP contribution in [-0.4, -0.2) is 14.8 Å². The molecule has 0 aliphatic rings. The Morgan fingerprint density at radius 2 is 2.00 bits per heavy atom. The number of hydrogen-bond donors (Lipinski definition) is 0. The largest absolute Gasteiger partial charge is 0.267 e. The van der Waals surface area contributed by atoms with E-state index in [2.05, 4.69) is 44.2 Å². The zero-order valence-corrected chi connectivity index (χ0v) is 13.0. The molecule has 2 heterocycles. The summed E-state index contributed by atoms with van der Waals surface area (Å²) in [6.07, 6.45) is 5.60. The SMILES string of the molecule is Brc1cnn(Cc2ccnc(Sc3ccccc3)c2)c1. The molecule has 3 nitrogen and oxygen atoms in total. The number of rotatable bonds is 4. The Hall–Kier alpha value is -1.59. The highest BCUT2D eigenvalue weighted by atomic mass is 79.9. The van der Waals surface area contributed by atoms with Crippen LogP contribution in [0.1, 0.15) is 5.56 Å². The van der Waals surface area contributed by atoms with E-state index in [1.54, 1.807) is 18.0 Å². The maximum absolute atomic E-state index is 4.41. The lowest BCUT2D eigenvalue weighted by Crippen LogP contribution is -2.00. The summed E-state index contributed by atoms with van der Waals surface area (Å²) >= 11 is 5.07. The highest BCUT2D eigenvalue weighted by Crippen LogP contribution is 2.26. The molecule has 0 radical (unpaired) electrons. The molecule has 3 rings (SSSR count). The molecule has 0 atom stereocenters. The highest BCUT2D eigenvalue weighted by Gasteiger charge is 2.02. The van der Waals surface area contributed by atoms with Crippen LogP contribution >= 0.6 is 27.7 Å². The molecule has 1 aromatic carbocycles. The van der Waals surface area contributed by atoms with Gasteiger partial charge in [0.2, 0.25) is 0 Å². The van der Waals surface area contributed by atoms with Crippen molar-refractivity contribution in [2.45, 2.75) is 16.5 Å². The zero-order valence-electron chi connectivity index (χ0n) is 10.6. The van der Waals surface area contributed by atoms with Gasteiger partial charge in [0.1, 0.15) is 5.03 Å². The minimum absolute atomic E-state index is 0.746. The summed E-state index contributed by atoms with van der Waals surface area (Å²) in [5.74, 6) is 0. The third kappa shape index (κ3) is 3.49. The molecule has 0 saturated carbocycles. The van der Waals surface area contributed by atoms with Crippen molar-refractivity contribution in [3.8, 4) is 0 Å². The number of benzene rings is 1. The predicted molar refractivity (Wildman–Crippen MR) is 83.8 cm³/mol. The van der Waals surface area contributed by atoms with Crippen molar-refractivity contribution in [2.24, 2.45) is 0 Å². The number of nitrogens with zero attached hydrogens (tertiary/aromatic N) is 3. The Morgan fingerprint density at radius 1 is 1.15 bits per heavy atom. The quantitative estimate of drug-likeness (QED) is 0.708. The Kier molecular flexibility index (Phi) is 4.18. The Morgan fingerprint density at radius 3 is 2.75 bits per heavy atom. The fourth-order valence-electron chi connectivity index (χ4n) is 1.83. The van der Waals surface area contributed by atoms with E-state index in [-0.39, 0.29) is 0 Å². The standard InChI is InChI=1S/C15H12BrN3S/c16-13-9-18-19(11-13)10-12-6-7-17-15(8-12)20-14-4-2-1-3-5-14/h1-9,11H,10H2. The van der Waals surface area contributed by atoms with Crippen molar-refractivity contribution in [1.82, 2.24) is 14.8 Å². The maximum atomic E-state index is 4.41. The van der Waals surface area contributed by atoms with Crippen LogP contribution in [0.25, 0.3) is 0 Å². The van der Waals surface area contributed by atoms with Crippen molar-refractivity contribution in [3.63, 3.8) is 0 Å². The van der Waals surface area contributed by atoms with Crippen LogP contribution in [0.5, 0.6) is 0 Å². The van der Waals surface area contributed by atoms with Crippen LogP contribution < -0.4 is 0 Å². The Labute approximate surface area is 130 Å². The summed E-state index contributed by atoms with van der Waals surface area (Å²) in [7, 11) is 0. The van der Waals surface area contributed by atoms with Gasteiger partial charge in [0.25, 0.3) is 0 Å². The fourth-order valence-corrected chi connectivity index (χ4v) is 3.01. The molecule has 0 aliphatic carbocycles. The summed E-state index contributed by atoms with van der Waals surface area (Å²) in [6, 6.07) is 14.4. The van der Waals surface area contributed by atoms with Crippen molar-refractivity contribution >= 4 is 27.7 Å². The van der Waals surface area contributed by atoms with Gasteiger partial charge < -0.3 is 0 Å². The molecule has 100 valence electrons. The normalized spacial score (nSPS) is 10.7. The second-order valence-corrected chi connectivity index (χ2v) is 6.28. The second kappa shape index (κ2) is 6.24. The fraction of sp³-hybridized carbons (Fsp3) is 0.0667. The van der Waals surface area contributed by atoms with Gasteiger partial charge in [-0.15, -0.1) is 0 Å². The summed E-state index contributed by atoms with van der Waals surface area (Å²) in [5, 5.41) is 5.27. The van der Waals surface area contributed by atoms with E-state index in [1.807, 2.05) is 41.3 Å². The molecule has 0 amide bonds. The van der Waals surface area contributed by atoms with Gasteiger partial charge in [-0.05, 0) is 45.8 Å². The highest BCUT2D eigenvalue weighted by molar-refractivity contribution is 9.10. The lowest BCUT2D eigenvalue weighted by atomic mass is 10.3. The first-order chi connectivity index (χ1) is 9.79.